The van der Waals surface area contributed by atoms with Gasteiger partial charge < -0.3 is 10.6 Å². The lowest BCUT2D eigenvalue weighted by Gasteiger charge is -2.21. The van der Waals surface area contributed by atoms with Gasteiger partial charge in [0.15, 0.2) is 0 Å². The molecule has 1 aliphatic carbocycles. The molecule has 2 aliphatic rings. The van der Waals surface area contributed by atoms with Crippen molar-refractivity contribution in [1.29, 1.82) is 0 Å². The van der Waals surface area contributed by atoms with Crippen molar-refractivity contribution in [1.82, 2.24) is 20.4 Å². The SMILES string of the molecule is CC1(c2cccc(NC(=O)c3cnn(-c4ccc(Cl)cc4Cl)c3C3CC3)c2)NC(=O)NC1=O. The molecule has 8 nitrogen and oxygen atoms in total. The Morgan fingerprint density at radius 3 is 2.64 bits per heavy atom. The van der Waals surface area contributed by atoms with Crippen LogP contribution in [0.3, 0.4) is 0 Å². The molecule has 168 valence electrons. The minimum absolute atomic E-state index is 0.211. The molecule has 1 atom stereocenters. The van der Waals surface area contributed by atoms with Gasteiger partial charge in [-0.05, 0) is 55.7 Å². The maximum absolute atomic E-state index is 13.2. The molecule has 3 aromatic rings. The molecule has 5 rings (SSSR count). The van der Waals surface area contributed by atoms with E-state index in [1.165, 1.54) is 6.20 Å². The number of hydrogen-bond donors (Lipinski definition) is 3. The van der Waals surface area contributed by atoms with Crippen molar-refractivity contribution >= 4 is 46.7 Å². The van der Waals surface area contributed by atoms with Crippen molar-refractivity contribution in [2.75, 3.05) is 5.32 Å². The van der Waals surface area contributed by atoms with Crippen LogP contribution < -0.4 is 16.0 Å². The molecule has 2 heterocycles. The highest BCUT2D eigenvalue weighted by Crippen LogP contribution is 2.43. The summed E-state index contributed by atoms with van der Waals surface area (Å²) < 4.78 is 1.70. The molecule has 4 amide bonds. The molecule has 1 unspecified atom stereocenters. The van der Waals surface area contributed by atoms with Gasteiger partial charge >= 0.3 is 6.03 Å². The molecule has 10 heteroatoms. The summed E-state index contributed by atoms with van der Waals surface area (Å²) in [4.78, 5) is 37.1. The van der Waals surface area contributed by atoms with Crippen LogP contribution in [-0.2, 0) is 10.3 Å². The molecule has 1 aliphatic heterocycles. The first-order valence-corrected chi connectivity index (χ1v) is 11.1. The van der Waals surface area contributed by atoms with Gasteiger partial charge in [0.25, 0.3) is 11.8 Å². The van der Waals surface area contributed by atoms with Gasteiger partial charge in [-0.1, -0.05) is 35.3 Å². The molecule has 0 radical (unpaired) electrons. The smallest absolute Gasteiger partial charge is 0.322 e. The number of nitrogens with zero attached hydrogens (tertiary/aromatic N) is 2. The number of benzene rings is 2. The molecular weight excluding hydrogens is 465 g/mol. The highest BCUT2D eigenvalue weighted by atomic mass is 35.5. The third kappa shape index (κ3) is 3.85. The first kappa shape index (κ1) is 21.5. The Labute approximate surface area is 199 Å². The number of urea groups is 1. The Bertz CT molecular complexity index is 1320. The molecule has 1 saturated carbocycles. The topological polar surface area (TPSA) is 105 Å². The highest BCUT2D eigenvalue weighted by molar-refractivity contribution is 6.35. The van der Waals surface area contributed by atoms with Crippen molar-refractivity contribution in [2.24, 2.45) is 0 Å². The fraction of sp³-hybridized carbons (Fsp3) is 0.217. The summed E-state index contributed by atoms with van der Waals surface area (Å²) in [5.74, 6) is -0.564. The fourth-order valence-corrected chi connectivity index (χ4v) is 4.47. The number of anilines is 1. The first-order valence-electron chi connectivity index (χ1n) is 10.3. The second-order valence-corrected chi connectivity index (χ2v) is 9.14. The summed E-state index contributed by atoms with van der Waals surface area (Å²) in [6.45, 7) is 1.61. The Balaban J connectivity index is 1.45. The summed E-state index contributed by atoms with van der Waals surface area (Å²) in [5, 5.41) is 13.1. The number of hydrogen-bond acceptors (Lipinski definition) is 4. The number of rotatable bonds is 5. The van der Waals surface area contributed by atoms with Gasteiger partial charge in [0.1, 0.15) is 5.54 Å². The van der Waals surface area contributed by atoms with Crippen LogP contribution in [-0.4, -0.2) is 27.6 Å². The molecule has 3 N–H and O–H groups in total. The van der Waals surface area contributed by atoms with Crippen LogP contribution in [0.4, 0.5) is 10.5 Å². The van der Waals surface area contributed by atoms with Crippen LogP contribution in [0, 0.1) is 0 Å². The first-order chi connectivity index (χ1) is 15.8. The molecule has 0 bridgehead atoms. The Kier molecular flexibility index (Phi) is 5.14. The third-order valence-corrected chi connectivity index (χ3v) is 6.43. The lowest BCUT2D eigenvalue weighted by atomic mass is 9.92. The van der Waals surface area contributed by atoms with Gasteiger partial charge in [-0.2, -0.15) is 5.10 Å². The molecule has 1 saturated heterocycles. The van der Waals surface area contributed by atoms with E-state index in [2.05, 4.69) is 21.0 Å². The number of imide groups is 1. The van der Waals surface area contributed by atoms with Gasteiger partial charge in [0, 0.05) is 16.6 Å². The quantitative estimate of drug-likeness (QED) is 0.468. The minimum atomic E-state index is -1.22. The predicted molar refractivity (Wildman–Crippen MR) is 124 cm³/mol. The lowest BCUT2D eigenvalue weighted by Crippen LogP contribution is -2.40. The maximum Gasteiger partial charge on any atom is 0.322 e. The molecule has 0 spiro atoms. The van der Waals surface area contributed by atoms with Gasteiger partial charge in [-0.25, -0.2) is 9.48 Å². The van der Waals surface area contributed by atoms with Crippen molar-refractivity contribution < 1.29 is 14.4 Å². The zero-order valence-corrected chi connectivity index (χ0v) is 19.0. The average Bonchev–Trinajstić information content (AvgIpc) is 3.45. The van der Waals surface area contributed by atoms with Crippen LogP contribution in [0.15, 0.2) is 48.7 Å². The predicted octanol–water partition coefficient (Wildman–Crippen LogP) is 4.36. The summed E-state index contributed by atoms with van der Waals surface area (Å²) in [6, 6.07) is 11.4. The third-order valence-electron chi connectivity index (χ3n) is 5.90. The summed E-state index contributed by atoms with van der Waals surface area (Å²) in [5.41, 5.74) is 1.73. The summed E-state index contributed by atoms with van der Waals surface area (Å²) in [7, 11) is 0. The second kappa shape index (κ2) is 7.90. The van der Waals surface area contributed by atoms with Crippen molar-refractivity contribution in [3.8, 4) is 5.69 Å². The number of halogens is 2. The fourth-order valence-electron chi connectivity index (χ4n) is 3.98. The van der Waals surface area contributed by atoms with Crippen LogP contribution >= 0.6 is 23.2 Å². The van der Waals surface area contributed by atoms with E-state index in [9.17, 15) is 14.4 Å². The zero-order chi connectivity index (χ0) is 23.3. The van der Waals surface area contributed by atoms with Gasteiger partial charge in [-0.3, -0.25) is 14.9 Å². The van der Waals surface area contributed by atoms with Gasteiger partial charge in [-0.15, -0.1) is 0 Å². The van der Waals surface area contributed by atoms with E-state index in [1.807, 2.05) is 0 Å². The van der Waals surface area contributed by atoms with Crippen molar-refractivity contribution in [2.45, 2.75) is 31.2 Å². The van der Waals surface area contributed by atoms with Gasteiger partial charge in [0.05, 0.1) is 28.2 Å². The van der Waals surface area contributed by atoms with E-state index in [0.29, 0.717) is 32.5 Å². The van der Waals surface area contributed by atoms with E-state index in [1.54, 1.807) is 54.1 Å². The van der Waals surface area contributed by atoms with Crippen LogP contribution in [0.1, 0.15) is 47.3 Å². The lowest BCUT2D eigenvalue weighted by molar-refractivity contribution is -0.123. The monoisotopic (exact) mass is 483 g/mol. The molecule has 2 aromatic carbocycles. The number of carbonyl (C=O) groups is 3. The number of amides is 4. The zero-order valence-electron chi connectivity index (χ0n) is 17.5. The Morgan fingerprint density at radius 2 is 1.97 bits per heavy atom. The maximum atomic E-state index is 13.2. The molecule has 2 fully saturated rings. The normalized spacial score (nSPS) is 19.8. The van der Waals surface area contributed by atoms with E-state index < -0.39 is 17.5 Å². The average molecular weight is 484 g/mol. The standard InChI is InChI=1S/C23H19Cl2N5O3/c1-23(21(32)28-22(33)29-23)13-3-2-4-15(9-13)27-20(31)16-11-26-30(19(16)12-5-6-12)18-8-7-14(24)10-17(18)25/h2-4,7-12H,5-6H2,1H3,(H,27,31)(H2,28,29,32,33). The summed E-state index contributed by atoms with van der Waals surface area (Å²) in [6.07, 6.45) is 3.45. The van der Waals surface area contributed by atoms with Crippen LogP contribution in [0.2, 0.25) is 10.0 Å². The van der Waals surface area contributed by atoms with Crippen molar-refractivity contribution in [3.05, 3.63) is 75.5 Å². The molecular formula is C23H19Cl2N5O3. The number of nitrogens with one attached hydrogen (secondary N) is 3. The van der Waals surface area contributed by atoms with Crippen LogP contribution in [0.25, 0.3) is 5.69 Å². The van der Waals surface area contributed by atoms with E-state index in [0.717, 1.165) is 18.5 Å². The minimum Gasteiger partial charge on any atom is -0.322 e. The van der Waals surface area contributed by atoms with Crippen LogP contribution in [0.5, 0.6) is 0 Å². The number of aromatic nitrogens is 2. The number of carbonyl (C=O) groups excluding carboxylic acids is 3. The van der Waals surface area contributed by atoms with E-state index in [4.69, 9.17) is 23.2 Å². The Morgan fingerprint density at radius 1 is 1.18 bits per heavy atom. The molecule has 1 aromatic heterocycles. The van der Waals surface area contributed by atoms with E-state index in [-0.39, 0.29) is 11.8 Å². The van der Waals surface area contributed by atoms with E-state index >= 15 is 0 Å². The second-order valence-electron chi connectivity index (χ2n) is 8.29. The largest absolute Gasteiger partial charge is 0.322 e. The summed E-state index contributed by atoms with van der Waals surface area (Å²) >= 11 is 12.4. The van der Waals surface area contributed by atoms with Gasteiger partial charge in [0.2, 0.25) is 0 Å². The Hall–Kier alpha value is -3.36. The molecule has 33 heavy (non-hydrogen) atoms. The highest BCUT2D eigenvalue weighted by Gasteiger charge is 2.43. The van der Waals surface area contributed by atoms with Crippen molar-refractivity contribution in [3.63, 3.8) is 0 Å².